The number of nitrogens with one attached hydrogen (secondary N) is 1. The van der Waals surface area contributed by atoms with E-state index in [1.807, 2.05) is 37.3 Å². The van der Waals surface area contributed by atoms with E-state index in [9.17, 15) is 9.90 Å². The normalized spacial score (nSPS) is 11.7. The van der Waals surface area contributed by atoms with Crippen LogP contribution < -0.4 is 5.32 Å². The molecule has 0 saturated heterocycles. The number of aromatic nitrogens is 2. The van der Waals surface area contributed by atoms with Crippen LogP contribution in [0.4, 0.5) is 5.82 Å². The molecule has 0 fully saturated rings. The van der Waals surface area contributed by atoms with Gasteiger partial charge in [0.05, 0.1) is 5.69 Å². The number of anilines is 1. The fraction of sp³-hybridized carbons (Fsp3) is 0.227. The molecule has 5 nitrogen and oxygen atoms in total. The molecule has 0 radical (unpaired) electrons. The lowest BCUT2D eigenvalue weighted by Gasteiger charge is -2.15. The average molecular weight is 361 g/mol. The van der Waals surface area contributed by atoms with E-state index in [1.54, 1.807) is 6.07 Å². The quantitative estimate of drug-likeness (QED) is 0.599. The van der Waals surface area contributed by atoms with Crippen LogP contribution in [0, 0.1) is 0 Å². The Balaban J connectivity index is 1.78. The Morgan fingerprint density at radius 3 is 2.33 bits per heavy atom. The molecule has 1 aromatic heterocycles. The second-order valence-corrected chi connectivity index (χ2v) is 6.41. The van der Waals surface area contributed by atoms with Crippen molar-refractivity contribution in [2.45, 2.75) is 32.2 Å². The third kappa shape index (κ3) is 4.91. The smallest absolute Gasteiger partial charge is 0.326 e. The molecule has 3 aromatic rings. The zero-order valence-electron chi connectivity index (χ0n) is 15.3. The topological polar surface area (TPSA) is 75.1 Å². The number of carbonyl (C=O) groups is 1. The van der Waals surface area contributed by atoms with E-state index < -0.39 is 12.0 Å². The molecule has 2 N–H and O–H groups in total. The summed E-state index contributed by atoms with van der Waals surface area (Å²) in [6.45, 7) is 2.04. The number of nitrogens with zero attached hydrogens (tertiary/aromatic N) is 2. The zero-order valence-corrected chi connectivity index (χ0v) is 15.3. The van der Waals surface area contributed by atoms with Crippen molar-refractivity contribution in [1.29, 1.82) is 0 Å². The van der Waals surface area contributed by atoms with Crippen molar-refractivity contribution in [2.75, 3.05) is 5.32 Å². The molecule has 138 valence electrons. The van der Waals surface area contributed by atoms with E-state index in [1.165, 1.54) is 6.33 Å². The summed E-state index contributed by atoms with van der Waals surface area (Å²) in [6, 6.07) is 19.5. The van der Waals surface area contributed by atoms with Gasteiger partial charge in [0.1, 0.15) is 18.2 Å². The molecule has 0 saturated carbocycles. The third-order valence-corrected chi connectivity index (χ3v) is 4.42. The van der Waals surface area contributed by atoms with Crippen LogP contribution in [0.3, 0.4) is 0 Å². The Morgan fingerprint density at radius 1 is 1.00 bits per heavy atom. The van der Waals surface area contributed by atoms with E-state index in [2.05, 4.69) is 39.6 Å². The molecule has 0 bridgehead atoms. The van der Waals surface area contributed by atoms with Crippen molar-refractivity contribution in [3.05, 3.63) is 67.0 Å². The molecule has 0 amide bonds. The number of carboxylic acids is 1. The van der Waals surface area contributed by atoms with Crippen molar-refractivity contribution in [3.63, 3.8) is 0 Å². The van der Waals surface area contributed by atoms with E-state index in [0.717, 1.165) is 35.2 Å². The first-order chi connectivity index (χ1) is 13.2. The average Bonchev–Trinajstić information content (AvgIpc) is 2.72. The van der Waals surface area contributed by atoms with Gasteiger partial charge in [0.15, 0.2) is 0 Å². The SMILES string of the molecule is CCCCC(Nc1cc(-c2ccc(-c3ccccc3)cc2)ncn1)C(=O)O. The molecule has 0 aliphatic carbocycles. The Morgan fingerprint density at radius 2 is 1.67 bits per heavy atom. The van der Waals surface area contributed by atoms with Gasteiger partial charge in [-0.3, -0.25) is 0 Å². The fourth-order valence-corrected chi connectivity index (χ4v) is 2.90. The lowest BCUT2D eigenvalue weighted by atomic mass is 10.0. The van der Waals surface area contributed by atoms with Crippen LogP contribution in [0.1, 0.15) is 26.2 Å². The maximum Gasteiger partial charge on any atom is 0.326 e. The van der Waals surface area contributed by atoms with Crippen LogP contribution in [0.15, 0.2) is 67.0 Å². The van der Waals surface area contributed by atoms with Crippen molar-refractivity contribution in [2.24, 2.45) is 0 Å². The van der Waals surface area contributed by atoms with E-state index in [-0.39, 0.29) is 0 Å². The number of benzene rings is 2. The highest BCUT2D eigenvalue weighted by Crippen LogP contribution is 2.24. The molecule has 1 unspecified atom stereocenters. The van der Waals surface area contributed by atoms with Crippen LogP contribution in [-0.2, 0) is 4.79 Å². The summed E-state index contributed by atoms with van der Waals surface area (Å²) in [6.07, 6.45) is 3.83. The zero-order chi connectivity index (χ0) is 19.1. The number of hydrogen-bond donors (Lipinski definition) is 2. The largest absolute Gasteiger partial charge is 0.480 e. The first kappa shape index (κ1) is 18.6. The number of unbranched alkanes of at least 4 members (excludes halogenated alkanes) is 1. The van der Waals surface area contributed by atoms with Gasteiger partial charge in [-0.15, -0.1) is 0 Å². The van der Waals surface area contributed by atoms with Crippen LogP contribution in [0.2, 0.25) is 0 Å². The highest BCUT2D eigenvalue weighted by Gasteiger charge is 2.17. The minimum absolute atomic E-state index is 0.524. The molecule has 0 aliphatic rings. The summed E-state index contributed by atoms with van der Waals surface area (Å²) in [4.78, 5) is 19.9. The van der Waals surface area contributed by atoms with Crippen LogP contribution in [-0.4, -0.2) is 27.1 Å². The fourth-order valence-electron chi connectivity index (χ4n) is 2.90. The van der Waals surface area contributed by atoms with Gasteiger partial charge in [-0.05, 0) is 17.5 Å². The maximum absolute atomic E-state index is 11.4. The van der Waals surface area contributed by atoms with Gasteiger partial charge < -0.3 is 10.4 Å². The Hall–Kier alpha value is -3.21. The molecule has 5 heteroatoms. The molecular formula is C22H23N3O2. The standard InChI is InChI=1S/C22H23N3O2/c1-2-3-9-19(22(26)27)25-21-14-20(23-15-24-21)18-12-10-17(11-13-18)16-7-5-4-6-8-16/h4-8,10-15,19H,2-3,9H2,1H3,(H,26,27)(H,23,24,25). The van der Waals surface area contributed by atoms with Crippen molar-refractivity contribution >= 4 is 11.8 Å². The Labute approximate surface area is 159 Å². The number of hydrogen-bond acceptors (Lipinski definition) is 4. The number of aliphatic carboxylic acids is 1. The van der Waals surface area contributed by atoms with Gasteiger partial charge in [-0.2, -0.15) is 0 Å². The predicted molar refractivity (Wildman–Crippen MR) is 107 cm³/mol. The van der Waals surface area contributed by atoms with Crippen molar-refractivity contribution < 1.29 is 9.90 Å². The second-order valence-electron chi connectivity index (χ2n) is 6.41. The van der Waals surface area contributed by atoms with Gasteiger partial charge in [0.25, 0.3) is 0 Å². The molecule has 0 aliphatic heterocycles. The monoisotopic (exact) mass is 361 g/mol. The van der Waals surface area contributed by atoms with Crippen molar-refractivity contribution in [3.8, 4) is 22.4 Å². The van der Waals surface area contributed by atoms with Gasteiger partial charge in [-0.1, -0.05) is 74.4 Å². The van der Waals surface area contributed by atoms with Crippen LogP contribution in [0.5, 0.6) is 0 Å². The molecule has 1 atom stereocenters. The molecule has 27 heavy (non-hydrogen) atoms. The molecular weight excluding hydrogens is 338 g/mol. The van der Waals surface area contributed by atoms with Gasteiger partial charge in [0.2, 0.25) is 0 Å². The minimum Gasteiger partial charge on any atom is -0.480 e. The highest BCUT2D eigenvalue weighted by molar-refractivity contribution is 5.77. The molecule has 2 aromatic carbocycles. The van der Waals surface area contributed by atoms with Crippen molar-refractivity contribution in [1.82, 2.24) is 9.97 Å². The first-order valence-electron chi connectivity index (χ1n) is 9.14. The summed E-state index contributed by atoms with van der Waals surface area (Å²) in [5.74, 6) is -0.341. The molecule has 3 rings (SSSR count). The summed E-state index contributed by atoms with van der Waals surface area (Å²) in [5.41, 5.74) is 4.01. The number of rotatable bonds is 8. The third-order valence-electron chi connectivity index (χ3n) is 4.42. The Kier molecular flexibility index (Phi) is 6.15. The van der Waals surface area contributed by atoms with Gasteiger partial charge in [-0.25, -0.2) is 14.8 Å². The summed E-state index contributed by atoms with van der Waals surface area (Å²) in [7, 11) is 0. The minimum atomic E-state index is -0.865. The van der Waals surface area contributed by atoms with E-state index >= 15 is 0 Å². The van der Waals surface area contributed by atoms with Gasteiger partial charge in [0, 0.05) is 11.6 Å². The van der Waals surface area contributed by atoms with Gasteiger partial charge >= 0.3 is 5.97 Å². The predicted octanol–water partition coefficient (Wildman–Crippen LogP) is 4.87. The van der Waals surface area contributed by atoms with E-state index in [0.29, 0.717) is 12.2 Å². The summed E-state index contributed by atoms with van der Waals surface area (Å²) in [5, 5.41) is 12.4. The lowest BCUT2D eigenvalue weighted by Crippen LogP contribution is -2.29. The molecule has 1 heterocycles. The van der Waals surface area contributed by atoms with Crippen LogP contribution >= 0.6 is 0 Å². The lowest BCUT2D eigenvalue weighted by molar-refractivity contribution is -0.138. The highest BCUT2D eigenvalue weighted by atomic mass is 16.4. The van der Waals surface area contributed by atoms with Crippen LogP contribution in [0.25, 0.3) is 22.4 Å². The van der Waals surface area contributed by atoms with E-state index in [4.69, 9.17) is 0 Å². The Bertz CT molecular complexity index is 880. The number of carboxylic acid groups (broad SMARTS) is 1. The first-order valence-corrected chi connectivity index (χ1v) is 9.14. The summed E-state index contributed by atoms with van der Waals surface area (Å²) < 4.78 is 0. The maximum atomic E-state index is 11.4. The summed E-state index contributed by atoms with van der Waals surface area (Å²) >= 11 is 0. The second kappa shape index (κ2) is 8.94. The molecule has 0 spiro atoms.